The van der Waals surface area contributed by atoms with Gasteiger partial charge in [0, 0.05) is 19.2 Å². The summed E-state index contributed by atoms with van der Waals surface area (Å²) in [4.78, 5) is 0. The zero-order valence-electron chi connectivity index (χ0n) is 7.15. The maximum atomic E-state index is 12.9. The van der Waals surface area contributed by atoms with Crippen LogP contribution >= 0.6 is 0 Å². The highest BCUT2D eigenvalue weighted by Gasteiger charge is 2.13. The fourth-order valence-corrected chi connectivity index (χ4v) is 0.906. The third-order valence-electron chi connectivity index (χ3n) is 1.51. The molecule has 0 aliphatic rings. The number of rotatable bonds is 3. The summed E-state index contributed by atoms with van der Waals surface area (Å²) in [7, 11) is 1.38. The Bertz CT molecular complexity index is 329. The standard InChI is InChI=1S/C8H7F4NO/c1-13-6-2-5(10)7(3-4(6)9)14-8(11)12/h2-3,8,13H,1H3. The van der Waals surface area contributed by atoms with Crippen LogP contribution in [-0.2, 0) is 0 Å². The molecular weight excluding hydrogens is 202 g/mol. The number of anilines is 1. The average Bonchev–Trinajstić information content (AvgIpc) is 2.10. The summed E-state index contributed by atoms with van der Waals surface area (Å²) >= 11 is 0. The highest BCUT2D eigenvalue weighted by atomic mass is 19.3. The SMILES string of the molecule is CNc1cc(F)c(OC(F)F)cc1F. The normalized spacial score (nSPS) is 10.4. The van der Waals surface area contributed by atoms with Crippen molar-refractivity contribution in [1.29, 1.82) is 0 Å². The van der Waals surface area contributed by atoms with Gasteiger partial charge in [-0.15, -0.1) is 0 Å². The second-order valence-electron chi connectivity index (χ2n) is 2.39. The third-order valence-corrected chi connectivity index (χ3v) is 1.51. The molecule has 0 saturated carbocycles. The Morgan fingerprint density at radius 3 is 2.36 bits per heavy atom. The molecule has 1 rings (SSSR count). The van der Waals surface area contributed by atoms with Crippen molar-refractivity contribution < 1.29 is 22.3 Å². The molecule has 0 aromatic heterocycles. The molecule has 6 heteroatoms. The lowest BCUT2D eigenvalue weighted by Gasteiger charge is -2.08. The zero-order valence-corrected chi connectivity index (χ0v) is 7.15. The molecule has 0 heterocycles. The van der Waals surface area contributed by atoms with Crippen molar-refractivity contribution in [3.63, 3.8) is 0 Å². The monoisotopic (exact) mass is 209 g/mol. The summed E-state index contributed by atoms with van der Waals surface area (Å²) < 4.78 is 53.0. The number of halogens is 4. The van der Waals surface area contributed by atoms with E-state index in [-0.39, 0.29) is 5.69 Å². The van der Waals surface area contributed by atoms with Crippen LogP contribution in [0.4, 0.5) is 23.2 Å². The van der Waals surface area contributed by atoms with Gasteiger partial charge in [-0.25, -0.2) is 8.78 Å². The summed E-state index contributed by atoms with van der Waals surface area (Å²) in [5.41, 5.74) is -0.121. The lowest BCUT2D eigenvalue weighted by Crippen LogP contribution is -2.05. The smallest absolute Gasteiger partial charge is 0.387 e. The van der Waals surface area contributed by atoms with E-state index in [1.807, 2.05) is 0 Å². The number of alkyl halides is 2. The fourth-order valence-electron chi connectivity index (χ4n) is 0.906. The zero-order chi connectivity index (χ0) is 10.7. The molecule has 78 valence electrons. The number of hydrogen-bond donors (Lipinski definition) is 1. The maximum Gasteiger partial charge on any atom is 0.387 e. The molecule has 2 nitrogen and oxygen atoms in total. The minimum atomic E-state index is -3.18. The first-order chi connectivity index (χ1) is 6.54. The molecule has 0 amide bonds. The Hall–Kier alpha value is -1.46. The van der Waals surface area contributed by atoms with Gasteiger partial charge in [-0.1, -0.05) is 0 Å². The third kappa shape index (κ3) is 2.27. The molecule has 1 N–H and O–H groups in total. The predicted octanol–water partition coefficient (Wildman–Crippen LogP) is 2.61. The van der Waals surface area contributed by atoms with Crippen LogP contribution in [0.5, 0.6) is 5.75 Å². The molecular formula is C8H7F4NO. The molecule has 14 heavy (non-hydrogen) atoms. The second-order valence-corrected chi connectivity index (χ2v) is 2.39. The second kappa shape index (κ2) is 4.17. The van der Waals surface area contributed by atoms with Crippen LogP contribution in [0.25, 0.3) is 0 Å². The van der Waals surface area contributed by atoms with E-state index in [9.17, 15) is 17.6 Å². The Morgan fingerprint density at radius 2 is 1.86 bits per heavy atom. The van der Waals surface area contributed by atoms with Gasteiger partial charge in [-0.3, -0.25) is 0 Å². The Kier molecular flexibility index (Phi) is 3.16. The first kappa shape index (κ1) is 10.6. The average molecular weight is 209 g/mol. The van der Waals surface area contributed by atoms with Gasteiger partial charge in [-0.2, -0.15) is 8.78 Å². The predicted molar refractivity (Wildman–Crippen MR) is 42.5 cm³/mol. The summed E-state index contributed by atoms with van der Waals surface area (Å²) in [5, 5.41) is 2.36. The molecule has 0 saturated heterocycles. The molecule has 1 aromatic carbocycles. The van der Waals surface area contributed by atoms with Gasteiger partial charge in [-0.05, 0) is 0 Å². The van der Waals surface area contributed by atoms with Gasteiger partial charge in [0.25, 0.3) is 0 Å². The van der Waals surface area contributed by atoms with E-state index >= 15 is 0 Å². The number of ether oxygens (including phenoxy) is 1. The van der Waals surface area contributed by atoms with E-state index < -0.39 is 24.0 Å². The molecule has 0 radical (unpaired) electrons. The van der Waals surface area contributed by atoms with E-state index in [4.69, 9.17) is 0 Å². The Balaban J connectivity index is 3.02. The van der Waals surface area contributed by atoms with E-state index in [1.54, 1.807) is 0 Å². The topological polar surface area (TPSA) is 21.3 Å². The van der Waals surface area contributed by atoms with Gasteiger partial charge in [0.05, 0.1) is 5.69 Å². The molecule has 0 unspecified atom stereocenters. The Labute approximate surface area is 77.5 Å². The van der Waals surface area contributed by atoms with Crippen LogP contribution in [0.15, 0.2) is 12.1 Å². The minimum Gasteiger partial charge on any atom is -0.432 e. The summed E-state index contributed by atoms with van der Waals surface area (Å²) in [5.74, 6) is -2.71. The van der Waals surface area contributed by atoms with Crippen molar-refractivity contribution >= 4 is 5.69 Å². The molecule has 0 aliphatic heterocycles. The van der Waals surface area contributed by atoms with E-state index in [0.29, 0.717) is 6.07 Å². The summed E-state index contributed by atoms with van der Waals surface area (Å²) in [6.07, 6.45) is 0. The first-order valence-corrected chi connectivity index (χ1v) is 3.66. The lowest BCUT2D eigenvalue weighted by atomic mass is 10.3. The van der Waals surface area contributed by atoms with Crippen LogP contribution in [0, 0.1) is 11.6 Å². The molecule has 1 aromatic rings. The molecule has 0 fully saturated rings. The lowest BCUT2D eigenvalue weighted by molar-refractivity contribution is -0.0523. The molecule has 0 atom stereocenters. The molecule has 0 spiro atoms. The van der Waals surface area contributed by atoms with Crippen molar-refractivity contribution in [2.45, 2.75) is 6.61 Å². The van der Waals surface area contributed by atoms with Crippen LogP contribution in [0.2, 0.25) is 0 Å². The van der Waals surface area contributed by atoms with Crippen LogP contribution < -0.4 is 10.1 Å². The molecule has 0 bridgehead atoms. The van der Waals surface area contributed by atoms with Crippen molar-refractivity contribution in [1.82, 2.24) is 0 Å². The van der Waals surface area contributed by atoms with E-state index in [1.165, 1.54) is 7.05 Å². The van der Waals surface area contributed by atoms with Gasteiger partial charge in [0.2, 0.25) is 0 Å². The Morgan fingerprint density at radius 1 is 1.21 bits per heavy atom. The van der Waals surface area contributed by atoms with Crippen LogP contribution in [-0.4, -0.2) is 13.7 Å². The van der Waals surface area contributed by atoms with Gasteiger partial charge >= 0.3 is 6.61 Å². The van der Waals surface area contributed by atoms with E-state index in [0.717, 1.165) is 6.07 Å². The first-order valence-electron chi connectivity index (χ1n) is 3.66. The van der Waals surface area contributed by atoms with Crippen molar-refractivity contribution in [3.05, 3.63) is 23.8 Å². The van der Waals surface area contributed by atoms with Crippen molar-refractivity contribution in [2.75, 3.05) is 12.4 Å². The van der Waals surface area contributed by atoms with Crippen molar-refractivity contribution in [3.8, 4) is 5.75 Å². The summed E-state index contributed by atoms with van der Waals surface area (Å²) in [6.45, 7) is -3.18. The van der Waals surface area contributed by atoms with Gasteiger partial charge in [0.1, 0.15) is 5.82 Å². The summed E-state index contributed by atoms with van der Waals surface area (Å²) in [6, 6.07) is 1.31. The van der Waals surface area contributed by atoms with Crippen LogP contribution in [0.3, 0.4) is 0 Å². The number of nitrogens with one attached hydrogen (secondary N) is 1. The van der Waals surface area contributed by atoms with E-state index in [2.05, 4.69) is 10.1 Å². The van der Waals surface area contributed by atoms with Crippen molar-refractivity contribution in [2.24, 2.45) is 0 Å². The molecule has 0 aliphatic carbocycles. The highest BCUT2D eigenvalue weighted by molar-refractivity contribution is 5.48. The highest BCUT2D eigenvalue weighted by Crippen LogP contribution is 2.25. The quantitative estimate of drug-likeness (QED) is 0.772. The number of hydrogen-bond acceptors (Lipinski definition) is 2. The van der Waals surface area contributed by atoms with Gasteiger partial charge < -0.3 is 10.1 Å². The fraction of sp³-hybridized carbons (Fsp3) is 0.250. The maximum absolute atomic E-state index is 12.9. The largest absolute Gasteiger partial charge is 0.432 e. The van der Waals surface area contributed by atoms with Crippen LogP contribution in [0.1, 0.15) is 0 Å². The number of benzene rings is 1. The minimum absolute atomic E-state index is 0.121. The van der Waals surface area contributed by atoms with Gasteiger partial charge in [0.15, 0.2) is 11.6 Å².